The number of benzene rings is 3. The molecule has 3 amide bonds. The average Bonchev–Trinajstić information content (AvgIpc) is 3.12. The zero-order chi connectivity index (χ0) is 32.3. The summed E-state index contributed by atoms with van der Waals surface area (Å²) < 4.78 is 29.6. The van der Waals surface area contributed by atoms with Crippen LogP contribution in [0.25, 0.3) is 10.8 Å². The van der Waals surface area contributed by atoms with Crippen LogP contribution in [0.15, 0.2) is 83.6 Å². The first-order valence-electron chi connectivity index (χ1n) is 14.9. The number of carbonyl (C=O) groups is 3. The number of ether oxygens (including phenoxy) is 1. The second kappa shape index (κ2) is 14.0. The van der Waals surface area contributed by atoms with E-state index in [1.165, 1.54) is 9.80 Å². The van der Waals surface area contributed by atoms with E-state index in [0.717, 1.165) is 9.86 Å². The molecule has 9 nitrogen and oxygen atoms in total. The van der Waals surface area contributed by atoms with Gasteiger partial charge in [0.2, 0.25) is 11.8 Å². The number of nitrogens with one attached hydrogen (secondary N) is 2. The van der Waals surface area contributed by atoms with Crippen molar-refractivity contribution in [3.05, 3.63) is 94.7 Å². The van der Waals surface area contributed by atoms with Gasteiger partial charge in [0.05, 0.1) is 48.1 Å². The SMILES string of the molecule is Cl.[2H]C([2H])([2H])Oc1ccc2cc(Br)ccc2c1CN1C(=O)[C@@H](NC(=O)[C@H](C)NC)CN(C(=O)Cc2cccnc2)c2ccccc21. The van der Waals surface area contributed by atoms with E-state index in [1.54, 1.807) is 74.9 Å². The highest BCUT2D eigenvalue weighted by molar-refractivity contribution is 9.10. The lowest BCUT2D eigenvalue weighted by atomic mass is 10.0. The van der Waals surface area contributed by atoms with Crippen LogP contribution in [0.2, 0.25) is 0 Å². The molecule has 4 aromatic rings. The third kappa shape index (κ3) is 6.82. The number of aromatic nitrogens is 1. The van der Waals surface area contributed by atoms with Crippen molar-refractivity contribution >= 4 is 68.2 Å². The minimum atomic E-state index is -2.74. The van der Waals surface area contributed by atoms with Crippen LogP contribution in [-0.4, -0.2) is 55.4 Å². The zero-order valence-electron chi connectivity index (χ0n) is 26.5. The molecule has 0 aliphatic carbocycles. The van der Waals surface area contributed by atoms with Gasteiger partial charge in [0, 0.05) is 22.4 Å². The highest BCUT2D eigenvalue weighted by Gasteiger charge is 2.37. The first kappa shape index (κ1) is 27.8. The molecule has 0 unspecified atom stereocenters. The molecule has 0 saturated heterocycles. The van der Waals surface area contributed by atoms with Crippen LogP contribution in [0.1, 0.15) is 22.2 Å². The maximum absolute atomic E-state index is 14.5. The van der Waals surface area contributed by atoms with E-state index in [4.69, 9.17) is 8.85 Å². The molecule has 11 heteroatoms. The lowest BCUT2D eigenvalue weighted by Crippen LogP contribution is -2.55. The van der Waals surface area contributed by atoms with Crippen molar-refractivity contribution in [2.24, 2.45) is 0 Å². The Morgan fingerprint density at radius 2 is 1.93 bits per heavy atom. The van der Waals surface area contributed by atoms with Gasteiger partial charge in [0.15, 0.2) is 0 Å². The van der Waals surface area contributed by atoms with Gasteiger partial charge >= 0.3 is 0 Å². The van der Waals surface area contributed by atoms with Crippen LogP contribution in [-0.2, 0) is 27.3 Å². The monoisotopic (exact) mass is 668 g/mol. The molecule has 3 aromatic carbocycles. The van der Waals surface area contributed by atoms with E-state index in [9.17, 15) is 14.4 Å². The van der Waals surface area contributed by atoms with Gasteiger partial charge in [0.25, 0.3) is 5.91 Å². The standard InChI is InChI=1S/C32H32BrN5O4.ClH/c1-20(34-2)31(40)36-26-19-37(30(39)15-21-7-6-14-35-17-21)27-8-4-5-9-28(27)38(32(26)41)18-25-24-12-11-23(33)16-22(24)10-13-29(25)42-3;/h4-14,16-17,20,26,34H,15,18-19H2,1-3H3,(H,36,40);1H/t20-,26-;/m0./s1/i3D3;. The fraction of sp³-hybridized carbons (Fsp3) is 0.250. The lowest BCUT2D eigenvalue weighted by Gasteiger charge is -2.27. The number of anilines is 2. The van der Waals surface area contributed by atoms with Gasteiger partial charge in [-0.1, -0.05) is 46.3 Å². The molecule has 0 spiro atoms. The van der Waals surface area contributed by atoms with E-state index in [-0.39, 0.29) is 43.6 Å². The van der Waals surface area contributed by atoms with Crippen LogP contribution in [0.5, 0.6) is 5.75 Å². The Morgan fingerprint density at radius 1 is 1.14 bits per heavy atom. The Hall–Kier alpha value is -3.99. The number of hydrogen-bond acceptors (Lipinski definition) is 6. The van der Waals surface area contributed by atoms with E-state index < -0.39 is 30.9 Å². The maximum Gasteiger partial charge on any atom is 0.251 e. The number of carbonyl (C=O) groups excluding carboxylic acids is 3. The summed E-state index contributed by atoms with van der Waals surface area (Å²) in [6, 6.07) is 17.7. The maximum atomic E-state index is 14.5. The topological polar surface area (TPSA) is 104 Å². The molecule has 0 saturated carbocycles. The Balaban J connectivity index is 0.00000480. The van der Waals surface area contributed by atoms with Crippen LogP contribution in [0.3, 0.4) is 0 Å². The molecular formula is C32H33BrClN5O4. The Bertz CT molecular complexity index is 1740. The van der Waals surface area contributed by atoms with Gasteiger partial charge < -0.3 is 25.2 Å². The smallest absolute Gasteiger partial charge is 0.251 e. The lowest BCUT2D eigenvalue weighted by molar-refractivity contribution is -0.128. The number of methoxy groups -OCH3 is 1. The molecule has 2 N–H and O–H groups in total. The van der Waals surface area contributed by atoms with Gasteiger partial charge in [-0.2, -0.15) is 0 Å². The van der Waals surface area contributed by atoms with Crippen LogP contribution in [0, 0.1) is 0 Å². The summed E-state index contributed by atoms with van der Waals surface area (Å²) in [5.41, 5.74) is 2.06. The van der Waals surface area contributed by atoms with E-state index in [1.807, 2.05) is 18.2 Å². The summed E-state index contributed by atoms with van der Waals surface area (Å²) in [5.74, 6) is -1.08. The predicted molar refractivity (Wildman–Crippen MR) is 174 cm³/mol. The molecule has 0 fully saturated rings. The minimum Gasteiger partial charge on any atom is -0.496 e. The Kier molecular flexibility index (Phi) is 9.05. The fourth-order valence-electron chi connectivity index (χ4n) is 5.06. The molecule has 1 aliphatic rings. The number of hydrogen-bond donors (Lipinski definition) is 2. The first-order chi connectivity index (χ1) is 21.4. The predicted octanol–water partition coefficient (Wildman–Crippen LogP) is 4.64. The number of fused-ring (bicyclic) bond motifs is 2. The number of nitrogens with zero attached hydrogens (tertiary/aromatic N) is 3. The second-order valence-corrected chi connectivity index (χ2v) is 11.0. The summed E-state index contributed by atoms with van der Waals surface area (Å²) in [6.45, 7) is 1.45. The van der Waals surface area contributed by atoms with Gasteiger partial charge in [0.1, 0.15) is 11.8 Å². The van der Waals surface area contributed by atoms with E-state index >= 15 is 0 Å². The number of likely N-dealkylation sites (N-methyl/N-ethyl adjacent to an activating group) is 1. The van der Waals surface area contributed by atoms with E-state index in [0.29, 0.717) is 27.9 Å². The van der Waals surface area contributed by atoms with Gasteiger partial charge in [-0.15, -0.1) is 12.4 Å². The largest absolute Gasteiger partial charge is 0.496 e. The Morgan fingerprint density at radius 3 is 2.65 bits per heavy atom. The van der Waals surface area contributed by atoms with Crippen molar-refractivity contribution in [1.82, 2.24) is 15.6 Å². The molecule has 1 aliphatic heterocycles. The second-order valence-electron chi connectivity index (χ2n) is 10.0. The van der Waals surface area contributed by atoms with Crippen molar-refractivity contribution < 1.29 is 23.2 Å². The first-order valence-corrected chi connectivity index (χ1v) is 14.2. The number of halogens is 2. The molecular weight excluding hydrogens is 634 g/mol. The molecule has 0 radical (unpaired) electrons. The summed E-state index contributed by atoms with van der Waals surface area (Å²) in [4.78, 5) is 48.5. The number of amides is 3. The quantitative estimate of drug-likeness (QED) is 0.284. The minimum absolute atomic E-state index is 0. The molecule has 43 heavy (non-hydrogen) atoms. The molecule has 2 atom stereocenters. The Labute approximate surface area is 269 Å². The normalized spacial score (nSPS) is 16.6. The third-order valence-corrected chi connectivity index (χ3v) is 7.88. The van der Waals surface area contributed by atoms with Crippen molar-refractivity contribution in [1.29, 1.82) is 0 Å². The summed E-state index contributed by atoms with van der Waals surface area (Å²) in [7, 11) is -1.11. The van der Waals surface area contributed by atoms with Gasteiger partial charge in [-0.3, -0.25) is 19.4 Å². The van der Waals surface area contributed by atoms with Crippen LogP contribution >= 0.6 is 28.3 Å². The zero-order valence-corrected chi connectivity index (χ0v) is 25.9. The molecule has 0 bridgehead atoms. The average molecular weight is 670 g/mol. The van der Waals surface area contributed by atoms with E-state index in [2.05, 4.69) is 31.5 Å². The molecule has 2 heterocycles. The summed E-state index contributed by atoms with van der Waals surface area (Å²) in [5, 5.41) is 7.19. The third-order valence-electron chi connectivity index (χ3n) is 7.39. The van der Waals surface area contributed by atoms with Crippen molar-refractivity contribution in [2.45, 2.75) is 32.0 Å². The van der Waals surface area contributed by atoms with Crippen LogP contribution in [0.4, 0.5) is 11.4 Å². The van der Waals surface area contributed by atoms with Crippen molar-refractivity contribution in [2.75, 3.05) is 30.4 Å². The highest BCUT2D eigenvalue weighted by Crippen LogP contribution is 2.37. The fourth-order valence-corrected chi connectivity index (χ4v) is 5.43. The van der Waals surface area contributed by atoms with Crippen molar-refractivity contribution in [3.8, 4) is 5.75 Å². The number of para-hydroxylation sites is 2. The summed E-state index contributed by atoms with van der Waals surface area (Å²) >= 11 is 3.48. The summed E-state index contributed by atoms with van der Waals surface area (Å²) in [6.07, 6.45) is 3.26. The number of rotatable bonds is 8. The molecule has 1 aromatic heterocycles. The van der Waals surface area contributed by atoms with Crippen LogP contribution < -0.4 is 25.2 Å². The van der Waals surface area contributed by atoms with Crippen molar-refractivity contribution in [3.63, 3.8) is 0 Å². The number of pyridine rings is 1. The van der Waals surface area contributed by atoms with Gasteiger partial charge in [-0.05, 0) is 66.7 Å². The molecule has 5 rings (SSSR count). The molecule has 224 valence electrons. The van der Waals surface area contributed by atoms with Gasteiger partial charge in [-0.25, -0.2) is 0 Å². The highest BCUT2D eigenvalue weighted by atomic mass is 79.9.